The number of nitrogens with two attached hydrogens (primary N) is 2. The Morgan fingerprint density at radius 1 is 0.941 bits per heavy atom. The maximum Gasteiger partial charge on any atom is 0.272 e. The molecule has 86 valence electrons. The second-order valence-corrected chi connectivity index (χ2v) is 3.60. The lowest BCUT2D eigenvalue weighted by atomic mass is 10.2. The zero-order valence-corrected chi connectivity index (χ0v) is 9.21. The molecule has 4 N–H and O–H groups in total. The van der Waals surface area contributed by atoms with Crippen molar-refractivity contribution >= 4 is 17.3 Å². The second kappa shape index (κ2) is 4.67. The molecule has 2 aromatic rings. The van der Waals surface area contributed by atoms with Gasteiger partial charge in [-0.05, 0) is 24.3 Å². The van der Waals surface area contributed by atoms with Crippen LogP contribution in [-0.4, -0.2) is 5.91 Å². The van der Waals surface area contributed by atoms with Crippen LogP contribution in [-0.2, 0) is 0 Å². The van der Waals surface area contributed by atoms with Crippen molar-refractivity contribution in [3.8, 4) is 0 Å². The Balaban J connectivity index is 2.30. The molecule has 0 aliphatic rings. The monoisotopic (exact) mass is 227 g/mol. The van der Waals surface area contributed by atoms with Crippen LogP contribution in [0.4, 0.5) is 11.4 Å². The largest absolute Gasteiger partial charge is 0.397 e. The highest BCUT2D eigenvalue weighted by Gasteiger charge is 2.15. The summed E-state index contributed by atoms with van der Waals surface area (Å²) in [5.74, 6) is 5.49. The third-order valence-electron chi connectivity index (χ3n) is 2.44. The minimum Gasteiger partial charge on any atom is -0.397 e. The highest BCUT2D eigenvalue weighted by molar-refractivity contribution is 6.06. The number of carbonyl (C=O) groups is 1. The van der Waals surface area contributed by atoms with Gasteiger partial charge >= 0.3 is 0 Å². The lowest BCUT2D eigenvalue weighted by molar-refractivity contribution is 0.0987. The number of carbonyl (C=O) groups excluding carboxylic acids is 1. The molecule has 0 heterocycles. The van der Waals surface area contributed by atoms with E-state index in [2.05, 4.69) is 0 Å². The SMILES string of the molecule is Nc1ccccc1N(N)C(=O)c1ccccc1. The van der Waals surface area contributed by atoms with Crippen LogP contribution in [0.3, 0.4) is 0 Å². The number of para-hydroxylation sites is 2. The van der Waals surface area contributed by atoms with Crippen LogP contribution in [0.5, 0.6) is 0 Å². The minimum atomic E-state index is -0.288. The molecule has 0 saturated carbocycles. The van der Waals surface area contributed by atoms with Crippen molar-refractivity contribution < 1.29 is 4.79 Å². The van der Waals surface area contributed by atoms with Crippen LogP contribution in [0, 0.1) is 0 Å². The summed E-state index contributed by atoms with van der Waals surface area (Å²) < 4.78 is 0. The smallest absolute Gasteiger partial charge is 0.272 e. The molecule has 0 aliphatic heterocycles. The third kappa shape index (κ3) is 2.26. The summed E-state index contributed by atoms with van der Waals surface area (Å²) >= 11 is 0. The van der Waals surface area contributed by atoms with Crippen molar-refractivity contribution in [3.05, 3.63) is 60.2 Å². The van der Waals surface area contributed by atoms with Crippen LogP contribution >= 0.6 is 0 Å². The Hall–Kier alpha value is -2.33. The fraction of sp³-hybridized carbons (Fsp3) is 0. The molecule has 0 aromatic heterocycles. The van der Waals surface area contributed by atoms with Gasteiger partial charge in [0.05, 0.1) is 11.4 Å². The lowest BCUT2D eigenvalue weighted by Crippen LogP contribution is -2.37. The average Bonchev–Trinajstić information content (AvgIpc) is 2.39. The van der Waals surface area contributed by atoms with Gasteiger partial charge in [0.1, 0.15) is 0 Å². The van der Waals surface area contributed by atoms with E-state index in [-0.39, 0.29) is 5.91 Å². The maximum absolute atomic E-state index is 12.0. The molecular formula is C13H13N3O. The van der Waals surface area contributed by atoms with Gasteiger partial charge in [-0.25, -0.2) is 10.9 Å². The van der Waals surface area contributed by atoms with Gasteiger partial charge in [-0.2, -0.15) is 0 Å². The number of hydrogen-bond donors (Lipinski definition) is 2. The van der Waals surface area contributed by atoms with Crippen LogP contribution in [0.15, 0.2) is 54.6 Å². The maximum atomic E-state index is 12.0. The zero-order valence-electron chi connectivity index (χ0n) is 9.21. The zero-order chi connectivity index (χ0) is 12.3. The number of amides is 1. The van der Waals surface area contributed by atoms with E-state index in [1.807, 2.05) is 6.07 Å². The van der Waals surface area contributed by atoms with Crippen LogP contribution < -0.4 is 16.6 Å². The van der Waals surface area contributed by atoms with Gasteiger partial charge in [-0.1, -0.05) is 30.3 Å². The molecule has 0 fully saturated rings. The van der Waals surface area contributed by atoms with E-state index in [1.165, 1.54) is 0 Å². The van der Waals surface area contributed by atoms with E-state index in [4.69, 9.17) is 11.6 Å². The first-order chi connectivity index (χ1) is 8.20. The van der Waals surface area contributed by atoms with Crippen molar-refractivity contribution in [1.82, 2.24) is 0 Å². The molecule has 0 bridgehead atoms. The highest BCUT2D eigenvalue weighted by Crippen LogP contribution is 2.21. The summed E-state index contributed by atoms with van der Waals surface area (Å²) in [5, 5.41) is 1.06. The second-order valence-electron chi connectivity index (χ2n) is 3.60. The average molecular weight is 227 g/mol. The normalized spacial score (nSPS) is 9.94. The van der Waals surface area contributed by atoms with Gasteiger partial charge in [0, 0.05) is 5.56 Å². The van der Waals surface area contributed by atoms with Gasteiger partial charge < -0.3 is 5.73 Å². The minimum absolute atomic E-state index is 0.288. The van der Waals surface area contributed by atoms with Crippen molar-refractivity contribution in [2.24, 2.45) is 5.84 Å². The number of hydrogen-bond acceptors (Lipinski definition) is 3. The Morgan fingerprint density at radius 2 is 1.53 bits per heavy atom. The standard InChI is InChI=1S/C13H13N3O/c14-11-8-4-5-9-12(11)16(15)13(17)10-6-2-1-3-7-10/h1-9H,14-15H2. The van der Waals surface area contributed by atoms with E-state index in [9.17, 15) is 4.79 Å². The van der Waals surface area contributed by atoms with E-state index in [0.29, 0.717) is 16.9 Å². The fourth-order valence-electron chi connectivity index (χ4n) is 1.54. The van der Waals surface area contributed by atoms with Crippen LogP contribution in [0.1, 0.15) is 10.4 Å². The summed E-state index contributed by atoms with van der Waals surface area (Å²) in [4.78, 5) is 12.0. The van der Waals surface area contributed by atoms with E-state index >= 15 is 0 Å². The molecule has 2 aromatic carbocycles. The number of nitrogen functional groups attached to an aromatic ring is 1. The Bertz CT molecular complexity index is 525. The number of benzene rings is 2. The molecule has 2 rings (SSSR count). The van der Waals surface area contributed by atoms with E-state index in [1.54, 1.807) is 48.5 Å². The molecular weight excluding hydrogens is 214 g/mol. The highest BCUT2D eigenvalue weighted by atomic mass is 16.2. The molecule has 0 radical (unpaired) electrons. The van der Waals surface area contributed by atoms with Gasteiger partial charge in [-0.3, -0.25) is 4.79 Å². The van der Waals surface area contributed by atoms with Crippen molar-refractivity contribution in [2.45, 2.75) is 0 Å². The topological polar surface area (TPSA) is 72.3 Å². The van der Waals surface area contributed by atoms with Crippen molar-refractivity contribution in [3.63, 3.8) is 0 Å². The molecule has 17 heavy (non-hydrogen) atoms. The van der Waals surface area contributed by atoms with E-state index < -0.39 is 0 Å². The van der Waals surface area contributed by atoms with Gasteiger partial charge in [0.2, 0.25) is 0 Å². The summed E-state index contributed by atoms with van der Waals surface area (Å²) in [6.07, 6.45) is 0. The van der Waals surface area contributed by atoms with Crippen molar-refractivity contribution in [1.29, 1.82) is 0 Å². The number of rotatable bonds is 2. The third-order valence-corrected chi connectivity index (χ3v) is 2.44. The summed E-state index contributed by atoms with van der Waals surface area (Å²) in [7, 11) is 0. The van der Waals surface area contributed by atoms with Crippen molar-refractivity contribution in [2.75, 3.05) is 10.7 Å². The van der Waals surface area contributed by atoms with Gasteiger partial charge in [0.25, 0.3) is 5.91 Å². The molecule has 0 aliphatic carbocycles. The molecule has 0 atom stereocenters. The fourth-order valence-corrected chi connectivity index (χ4v) is 1.54. The van der Waals surface area contributed by atoms with Crippen LogP contribution in [0.2, 0.25) is 0 Å². The summed E-state index contributed by atoms with van der Waals surface area (Å²) in [6.45, 7) is 0. The molecule has 1 amide bonds. The Morgan fingerprint density at radius 3 is 2.18 bits per heavy atom. The summed E-state index contributed by atoms with van der Waals surface area (Å²) in [5.41, 5.74) is 7.26. The first-order valence-corrected chi connectivity index (χ1v) is 5.19. The molecule has 4 heteroatoms. The predicted molar refractivity (Wildman–Crippen MR) is 68.3 cm³/mol. The van der Waals surface area contributed by atoms with Crippen LogP contribution in [0.25, 0.3) is 0 Å². The molecule has 0 saturated heterocycles. The molecule has 0 spiro atoms. The Labute approximate surface area is 99.4 Å². The molecule has 0 unspecified atom stereocenters. The quantitative estimate of drug-likeness (QED) is 0.355. The predicted octanol–water partition coefficient (Wildman–Crippen LogP) is 1.79. The number of nitrogens with zero attached hydrogens (tertiary/aromatic N) is 1. The van der Waals surface area contributed by atoms with Gasteiger partial charge in [-0.15, -0.1) is 0 Å². The lowest BCUT2D eigenvalue weighted by Gasteiger charge is -2.18. The number of anilines is 2. The first-order valence-electron chi connectivity index (χ1n) is 5.19. The first kappa shape index (κ1) is 11.2. The van der Waals surface area contributed by atoms with Gasteiger partial charge in [0.15, 0.2) is 0 Å². The number of hydrazine groups is 1. The Kier molecular flexibility index (Phi) is 3.07. The summed E-state index contributed by atoms with van der Waals surface area (Å²) in [6, 6.07) is 15.8. The molecule has 4 nitrogen and oxygen atoms in total. The van der Waals surface area contributed by atoms with E-state index in [0.717, 1.165) is 5.01 Å².